The molecular formula is C20H15BrN2O4. The number of hydrogen-bond donors (Lipinski definition) is 1. The summed E-state index contributed by atoms with van der Waals surface area (Å²) in [7, 11) is 0. The van der Waals surface area contributed by atoms with E-state index in [0.29, 0.717) is 28.1 Å². The minimum Gasteiger partial charge on any atom is -0.488 e. The first kappa shape index (κ1) is 18.6. The van der Waals surface area contributed by atoms with Crippen molar-refractivity contribution in [2.75, 3.05) is 11.5 Å². The molecule has 1 saturated heterocycles. The predicted octanol–water partition coefficient (Wildman–Crippen LogP) is 3.68. The Morgan fingerprint density at radius 2 is 1.85 bits per heavy atom. The Morgan fingerprint density at radius 1 is 1.11 bits per heavy atom. The van der Waals surface area contributed by atoms with Gasteiger partial charge in [-0.1, -0.05) is 36.9 Å². The third kappa shape index (κ3) is 3.98. The number of amides is 4. The average Bonchev–Trinajstić information content (AvgIpc) is 2.65. The number of imide groups is 2. The van der Waals surface area contributed by atoms with E-state index in [4.69, 9.17) is 4.74 Å². The fraction of sp³-hybridized carbons (Fsp3) is 0.0500. The van der Waals surface area contributed by atoms with Crippen LogP contribution in [-0.4, -0.2) is 24.5 Å². The van der Waals surface area contributed by atoms with E-state index in [0.717, 1.165) is 4.90 Å². The third-order valence-electron chi connectivity index (χ3n) is 3.74. The van der Waals surface area contributed by atoms with Crippen molar-refractivity contribution in [3.05, 3.63) is 76.8 Å². The number of para-hydroxylation sites is 1. The summed E-state index contributed by atoms with van der Waals surface area (Å²) in [5.74, 6) is -0.809. The molecular weight excluding hydrogens is 412 g/mol. The Morgan fingerprint density at radius 3 is 2.52 bits per heavy atom. The van der Waals surface area contributed by atoms with Crippen molar-refractivity contribution in [2.24, 2.45) is 0 Å². The van der Waals surface area contributed by atoms with Crippen molar-refractivity contribution >= 4 is 45.5 Å². The highest BCUT2D eigenvalue weighted by Gasteiger charge is 2.36. The summed E-state index contributed by atoms with van der Waals surface area (Å²) < 4.78 is 6.14. The molecule has 3 rings (SSSR count). The number of rotatable bonds is 5. The molecule has 1 fully saturated rings. The van der Waals surface area contributed by atoms with Gasteiger partial charge in [0, 0.05) is 0 Å². The molecule has 0 aliphatic carbocycles. The number of hydrogen-bond acceptors (Lipinski definition) is 4. The Balaban J connectivity index is 1.93. The molecule has 2 aromatic rings. The van der Waals surface area contributed by atoms with Gasteiger partial charge in [0.15, 0.2) is 0 Å². The van der Waals surface area contributed by atoms with Crippen LogP contribution in [0.15, 0.2) is 71.2 Å². The van der Waals surface area contributed by atoms with Crippen molar-refractivity contribution in [1.29, 1.82) is 0 Å². The highest BCUT2D eigenvalue weighted by Crippen LogP contribution is 2.28. The number of halogens is 1. The highest BCUT2D eigenvalue weighted by atomic mass is 79.9. The van der Waals surface area contributed by atoms with Crippen molar-refractivity contribution in [3.8, 4) is 5.75 Å². The summed E-state index contributed by atoms with van der Waals surface area (Å²) in [6.07, 6.45) is 3.06. The number of nitrogens with zero attached hydrogens (tertiary/aromatic N) is 1. The van der Waals surface area contributed by atoms with Crippen molar-refractivity contribution in [1.82, 2.24) is 5.32 Å². The highest BCUT2D eigenvalue weighted by molar-refractivity contribution is 9.10. The maximum atomic E-state index is 12.8. The van der Waals surface area contributed by atoms with E-state index in [2.05, 4.69) is 27.8 Å². The smallest absolute Gasteiger partial charge is 0.335 e. The minimum absolute atomic E-state index is 0.134. The summed E-state index contributed by atoms with van der Waals surface area (Å²) in [4.78, 5) is 38.0. The molecule has 2 aromatic carbocycles. The van der Waals surface area contributed by atoms with Crippen molar-refractivity contribution in [2.45, 2.75) is 0 Å². The van der Waals surface area contributed by atoms with Gasteiger partial charge in [0.1, 0.15) is 17.9 Å². The molecule has 0 radical (unpaired) electrons. The zero-order chi connectivity index (χ0) is 19.4. The Labute approximate surface area is 164 Å². The third-order valence-corrected chi connectivity index (χ3v) is 4.36. The first-order valence-corrected chi connectivity index (χ1v) is 8.80. The molecule has 136 valence electrons. The maximum Gasteiger partial charge on any atom is 0.335 e. The second-order valence-electron chi connectivity index (χ2n) is 5.58. The van der Waals surface area contributed by atoms with Crippen LogP contribution < -0.4 is 15.0 Å². The van der Waals surface area contributed by atoms with Crippen LogP contribution in [0.25, 0.3) is 6.08 Å². The van der Waals surface area contributed by atoms with E-state index in [1.54, 1.807) is 54.6 Å². The van der Waals surface area contributed by atoms with Gasteiger partial charge < -0.3 is 4.74 Å². The fourth-order valence-corrected chi connectivity index (χ4v) is 3.02. The van der Waals surface area contributed by atoms with Gasteiger partial charge in [-0.25, -0.2) is 9.69 Å². The lowest BCUT2D eigenvalue weighted by molar-refractivity contribution is -0.122. The van der Waals surface area contributed by atoms with Crippen LogP contribution in [0, 0.1) is 0 Å². The molecule has 1 heterocycles. The lowest BCUT2D eigenvalue weighted by Gasteiger charge is -2.26. The van der Waals surface area contributed by atoms with Gasteiger partial charge in [-0.2, -0.15) is 0 Å². The van der Waals surface area contributed by atoms with Crippen LogP contribution in [0.2, 0.25) is 0 Å². The summed E-state index contributed by atoms with van der Waals surface area (Å²) in [5.41, 5.74) is 0.853. The fourth-order valence-electron chi connectivity index (χ4n) is 2.51. The minimum atomic E-state index is -0.775. The van der Waals surface area contributed by atoms with E-state index in [1.807, 2.05) is 0 Å². The van der Waals surface area contributed by atoms with E-state index in [-0.39, 0.29) is 5.57 Å². The SMILES string of the molecule is C=CCOc1ccc(/C=C2/C(=O)NC(=O)N(c3ccccc3)C2=O)cc1Br. The molecule has 1 N–H and O–H groups in total. The Kier molecular flexibility index (Phi) is 5.52. The van der Waals surface area contributed by atoms with E-state index < -0.39 is 17.8 Å². The number of carbonyl (C=O) groups is 3. The molecule has 0 saturated carbocycles. The Hall–Kier alpha value is -3.19. The van der Waals surface area contributed by atoms with Crippen molar-refractivity contribution in [3.63, 3.8) is 0 Å². The largest absolute Gasteiger partial charge is 0.488 e. The van der Waals surface area contributed by atoms with E-state index >= 15 is 0 Å². The molecule has 0 aromatic heterocycles. The lowest BCUT2D eigenvalue weighted by atomic mass is 10.1. The van der Waals surface area contributed by atoms with Crippen LogP contribution >= 0.6 is 15.9 Å². The molecule has 0 atom stereocenters. The maximum absolute atomic E-state index is 12.8. The van der Waals surface area contributed by atoms with Gasteiger partial charge in [-0.15, -0.1) is 0 Å². The van der Waals surface area contributed by atoms with Gasteiger partial charge in [-0.05, 0) is 51.8 Å². The second-order valence-corrected chi connectivity index (χ2v) is 6.44. The number of carbonyl (C=O) groups excluding carboxylic acids is 3. The van der Waals surface area contributed by atoms with Gasteiger partial charge in [0.05, 0.1) is 10.2 Å². The summed E-state index contributed by atoms with van der Waals surface area (Å²) >= 11 is 3.39. The molecule has 0 bridgehead atoms. The summed E-state index contributed by atoms with van der Waals surface area (Å²) in [5, 5.41) is 2.19. The van der Waals surface area contributed by atoms with Gasteiger partial charge in [0.25, 0.3) is 11.8 Å². The monoisotopic (exact) mass is 426 g/mol. The Bertz CT molecular complexity index is 954. The topological polar surface area (TPSA) is 75.7 Å². The van der Waals surface area contributed by atoms with Gasteiger partial charge in [0.2, 0.25) is 0 Å². The number of urea groups is 1. The first-order valence-electron chi connectivity index (χ1n) is 8.01. The van der Waals surface area contributed by atoms with Gasteiger partial charge >= 0.3 is 6.03 Å². The van der Waals surface area contributed by atoms with E-state index in [9.17, 15) is 14.4 Å². The van der Waals surface area contributed by atoms with E-state index in [1.165, 1.54) is 6.08 Å². The average molecular weight is 427 g/mol. The molecule has 27 heavy (non-hydrogen) atoms. The van der Waals surface area contributed by atoms with Crippen LogP contribution in [-0.2, 0) is 9.59 Å². The molecule has 0 spiro atoms. The second kappa shape index (κ2) is 8.01. The first-order chi connectivity index (χ1) is 13.0. The summed E-state index contributed by atoms with van der Waals surface area (Å²) in [6, 6.07) is 12.8. The summed E-state index contributed by atoms with van der Waals surface area (Å²) in [6.45, 7) is 3.95. The normalized spacial score (nSPS) is 15.7. The zero-order valence-corrected chi connectivity index (χ0v) is 15.7. The number of nitrogens with one attached hydrogen (secondary N) is 1. The lowest BCUT2D eigenvalue weighted by Crippen LogP contribution is -2.54. The molecule has 1 aliphatic rings. The van der Waals surface area contributed by atoms with Crippen LogP contribution in [0.1, 0.15) is 5.56 Å². The van der Waals surface area contributed by atoms with Crippen molar-refractivity contribution < 1.29 is 19.1 Å². The number of ether oxygens (including phenoxy) is 1. The van der Waals surface area contributed by atoms with Crippen LogP contribution in [0.5, 0.6) is 5.75 Å². The molecule has 6 nitrogen and oxygen atoms in total. The molecule has 1 aliphatic heterocycles. The molecule has 0 unspecified atom stereocenters. The standard InChI is InChI=1S/C20H15BrN2O4/c1-2-10-27-17-9-8-13(12-16(17)21)11-15-18(24)22-20(26)23(19(15)25)14-6-4-3-5-7-14/h2-9,11-12H,1,10H2,(H,22,24,26)/b15-11-. The number of anilines is 1. The quantitative estimate of drug-likeness (QED) is 0.449. The van der Waals surface area contributed by atoms with Crippen LogP contribution in [0.4, 0.5) is 10.5 Å². The molecule has 7 heteroatoms. The number of barbiturate groups is 1. The zero-order valence-electron chi connectivity index (χ0n) is 14.1. The number of benzene rings is 2. The van der Waals surface area contributed by atoms with Gasteiger partial charge in [-0.3, -0.25) is 14.9 Å². The molecule has 4 amide bonds. The predicted molar refractivity (Wildman–Crippen MR) is 105 cm³/mol. The van der Waals surface area contributed by atoms with Crippen LogP contribution in [0.3, 0.4) is 0 Å².